The topological polar surface area (TPSA) is 92.6 Å². The molecule has 3 unspecified atom stereocenters. The summed E-state index contributed by atoms with van der Waals surface area (Å²) in [6, 6.07) is -0.572. The molecule has 82 valence electrons. The highest BCUT2D eigenvalue weighted by Crippen LogP contribution is 2.16. The van der Waals surface area contributed by atoms with Gasteiger partial charge in [-0.25, -0.2) is 0 Å². The summed E-state index contributed by atoms with van der Waals surface area (Å²) in [5.74, 6) is -0.489. The van der Waals surface area contributed by atoms with Crippen LogP contribution in [0.1, 0.15) is 19.8 Å². The first kappa shape index (κ1) is 11.4. The number of amides is 1. The van der Waals surface area contributed by atoms with Crippen molar-refractivity contribution in [3.8, 4) is 0 Å². The Labute approximate surface area is 84.0 Å². The number of hydrogen-bond donors (Lipinski definition) is 3. The average Bonchev–Trinajstić information content (AvgIpc) is 2.12. The number of carbonyl (C=O) groups is 1. The smallest absolute Gasteiger partial charge is 0.235 e. The first-order valence-corrected chi connectivity index (χ1v) is 4.99. The molecule has 14 heavy (non-hydrogen) atoms. The number of hydrogen-bond acceptors (Lipinski definition) is 4. The molecule has 0 spiro atoms. The van der Waals surface area contributed by atoms with Crippen molar-refractivity contribution in [3.05, 3.63) is 0 Å². The van der Waals surface area contributed by atoms with Gasteiger partial charge in [0.25, 0.3) is 0 Å². The molecule has 0 bridgehead atoms. The van der Waals surface area contributed by atoms with Gasteiger partial charge >= 0.3 is 0 Å². The minimum Gasteiger partial charge on any atom is -0.392 e. The van der Waals surface area contributed by atoms with Crippen LogP contribution in [-0.2, 0) is 4.79 Å². The van der Waals surface area contributed by atoms with E-state index in [-0.39, 0.29) is 12.1 Å². The van der Waals surface area contributed by atoms with E-state index in [2.05, 4.69) is 0 Å². The lowest BCUT2D eigenvalue weighted by Crippen LogP contribution is -2.53. The molecular formula is C9H19N3O2. The van der Waals surface area contributed by atoms with Crippen molar-refractivity contribution in [2.24, 2.45) is 11.5 Å². The van der Waals surface area contributed by atoms with Crippen LogP contribution in [0.15, 0.2) is 0 Å². The number of likely N-dealkylation sites (tertiary alicyclic amines) is 1. The van der Waals surface area contributed by atoms with Gasteiger partial charge in [-0.05, 0) is 26.3 Å². The highest BCUT2D eigenvalue weighted by molar-refractivity contribution is 5.79. The van der Waals surface area contributed by atoms with Crippen LogP contribution >= 0.6 is 0 Å². The van der Waals surface area contributed by atoms with Crippen LogP contribution < -0.4 is 11.5 Å². The van der Waals surface area contributed by atoms with Gasteiger partial charge < -0.3 is 16.6 Å². The predicted octanol–water partition coefficient (Wildman–Crippen LogP) is -1.36. The number of nitrogens with two attached hydrogens (primary N) is 2. The fourth-order valence-corrected chi connectivity index (χ4v) is 1.79. The highest BCUT2D eigenvalue weighted by atomic mass is 16.3. The summed E-state index contributed by atoms with van der Waals surface area (Å²) < 4.78 is 0. The summed E-state index contributed by atoms with van der Waals surface area (Å²) in [4.78, 5) is 12.8. The van der Waals surface area contributed by atoms with Gasteiger partial charge in [0.15, 0.2) is 0 Å². The highest BCUT2D eigenvalue weighted by Gasteiger charge is 2.28. The second-order valence-electron chi connectivity index (χ2n) is 3.95. The summed E-state index contributed by atoms with van der Waals surface area (Å²) in [6.45, 7) is 3.25. The molecule has 0 aromatic rings. The van der Waals surface area contributed by atoms with Crippen molar-refractivity contribution < 1.29 is 9.90 Å². The van der Waals surface area contributed by atoms with Crippen LogP contribution in [0.5, 0.6) is 0 Å². The Bertz CT molecular complexity index is 210. The third-order valence-electron chi connectivity index (χ3n) is 2.87. The number of primary amides is 1. The van der Waals surface area contributed by atoms with Gasteiger partial charge in [-0.3, -0.25) is 9.69 Å². The van der Waals surface area contributed by atoms with E-state index >= 15 is 0 Å². The number of aliphatic hydroxyl groups excluding tert-OH is 1. The minimum atomic E-state index is -0.636. The predicted molar refractivity (Wildman–Crippen MR) is 53.4 cm³/mol. The third kappa shape index (κ3) is 2.67. The Morgan fingerprint density at radius 1 is 1.71 bits per heavy atom. The average molecular weight is 201 g/mol. The van der Waals surface area contributed by atoms with Crippen LogP contribution in [0.2, 0.25) is 0 Å². The maximum atomic E-state index is 10.8. The maximum Gasteiger partial charge on any atom is 0.235 e. The van der Waals surface area contributed by atoms with Gasteiger partial charge in [0.1, 0.15) is 0 Å². The van der Waals surface area contributed by atoms with Gasteiger partial charge in [-0.2, -0.15) is 0 Å². The van der Waals surface area contributed by atoms with Crippen LogP contribution in [0.25, 0.3) is 0 Å². The standard InChI is InChI=1S/C9H19N3O2/c1-6-8(13)3-2-4-12(6)5-7(10)9(11)14/h6-8,13H,2-5,10H2,1H3,(H2,11,14). The summed E-state index contributed by atoms with van der Waals surface area (Å²) in [6.07, 6.45) is 1.45. The van der Waals surface area contributed by atoms with Gasteiger partial charge in [0.2, 0.25) is 5.91 Å². The molecule has 1 aliphatic heterocycles. The molecule has 1 rings (SSSR count). The van der Waals surface area contributed by atoms with E-state index < -0.39 is 11.9 Å². The molecule has 3 atom stereocenters. The number of aliphatic hydroxyl groups is 1. The van der Waals surface area contributed by atoms with E-state index in [4.69, 9.17) is 11.5 Å². The van der Waals surface area contributed by atoms with Crippen molar-refractivity contribution in [1.82, 2.24) is 4.90 Å². The molecule has 5 nitrogen and oxygen atoms in total. The van der Waals surface area contributed by atoms with E-state index in [9.17, 15) is 9.90 Å². The lowest BCUT2D eigenvalue weighted by Gasteiger charge is -2.37. The zero-order valence-corrected chi connectivity index (χ0v) is 8.52. The van der Waals surface area contributed by atoms with E-state index in [1.807, 2.05) is 11.8 Å². The van der Waals surface area contributed by atoms with E-state index in [1.165, 1.54) is 0 Å². The molecule has 5 heteroatoms. The molecule has 1 fully saturated rings. The molecule has 1 saturated heterocycles. The summed E-state index contributed by atoms with van der Waals surface area (Å²) in [7, 11) is 0. The van der Waals surface area contributed by atoms with Crippen molar-refractivity contribution >= 4 is 5.91 Å². The van der Waals surface area contributed by atoms with Gasteiger partial charge in [0.05, 0.1) is 12.1 Å². The second-order valence-corrected chi connectivity index (χ2v) is 3.95. The normalized spacial score (nSPS) is 31.4. The van der Waals surface area contributed by atoms with Crippen LogP contribution in [0, 0.1) is 0 Å². The quantitative estimate of drug-likeness (QED) is 0.526. The fourth-order valence-electron chi connectivity index (χ4n) is 1.79. The molecule has 0 radical (unpaired) electrons. The molecule has 5 N–H and O–H groups in total. The lowest BCUT2D eigenvalue weighted by atomic mass is 10.00. The monoisotopic (exact) mass is 201 g/mol. The molecule has 1 aliphatic rings. The Hall–Kier alpha value is -0.650. The minimum absolute atomic E-state index is 0.0640. The SMILES string of the molecule is CC1C(O)CCCN1CC(N)C(N)=O. The Morgan fingerprint density at radius 3 is 2.93 bits per heavy atom. The fraction of sp³-hybridized carbons (Fsp3) is 0.889. The maximum absolute atomic E-state index is 10.8. The Kier molecular flexibility index (Phi) is 3.86. The van der Waals surface area contributed by atoms with Gasteiger partial charge in [-0.15, -0.1) is 0 Å². The Balaban J connectivity index is 2.46. The first-order chi connectivity index (χ1) is 6.52. The largest absolute Gasteiger partial charge is 0.392 e. The second kappa shape index (κ2) is 4.72. The molecule has 1 amide bonds. The van der Waals surface area contributed by atoms with Crippen LogP contribution in [0.4, 0.5) is 0 Å². The van der Waals surface area contributed by atoms with E-state index in [1.54, 1.807) is 0 Å². The van der Waals surface area contributed by atoms with E-state index in [0.717, 1.165) is 19.4 Å². The molecule has 0 aliphatic carbocycles. The van der Waals surface area contributed by atoms with Crippen molar-refractivity contribution in [2.45, 2.75) is 38.0 Å². The molecule has 0 saturated carbocycles. The number of carbonyl (C=O) groups excluding carboxylic acids is 1. The van der Waals surface area contributed by atoms with Crippen LogP contribution in [0.3, 0.4) is 0 Å². The third-order valence-corrected chi connectivity index (χ3v) is 2.87. The van der Waals surface area contributed by atoms with E-state index in [0.29, 0.717) is 6.54 Å². The van der Waals surface area contributed by atoms with Gasteiger partial charge in [0, 0.05) is 12.6 Å². The molecule has 0 aromatic heterocycles. The molecule has 0 aromatic carbocycles. The number of rotatable bonds is 3. The Morgan fingerprint density at radius 2 is 2.36 bits per heavy atom. The molecule has 1 heterocycles. The zero-order chi connectivity index (χ0) is 10.7. The number of piperidine rings is 1. The zero-order valence-electron chi connectivity index (χ0n) is 8.52. The summed E-state index contributed by atoms with van der Waals surface area (Å²) in [5.41, 5.74) is 10.6. The lowest BCUT2D eigenvalue weighted by molar-refractivity contribution is -0.120. The van der Waals surface area contributed by atoms with Crippen molar-refractivity contribution in [1.29, 1.82) is 0 Å². The molecular weight excluding hydrogens is 182 g/mol. The van der Waals surface area contributed by atoms with Crippen molar-refractivity contribution in [3.63, 3.8) is 0 Å². The summed E-state index contributed by atoms with van der Waals surface area (Å²) in [5, 5.41) is 9.60. The summed E-state index contributed by atoms with van der Waals surface area (Å²) >= 11 is 0. The van der Waals surface area contributed by atoms with Crippen molar-refractivity contribution in [2.75, 3.05) is 13.1 Å². The van der Waals surface area contributed by atoms with Crippen LogP contribution in [-0.4, -0.2) is 47.2 Å². The van der Waals surface area contributed by atoms with Gasteiger partial charge in [-0.1, -0.05) is 0 Å². The first-order valence-electron chi connectivity index (χ1n) is 4.99. The number of nitrogens with zero attached hydrogens (tertiary/aromatic N) is 1.